The second kappa shape index (κ2) is 6.86. The van der Waals surface area contributed by atoms with E-state index < -0.39 is 0 Å². The van der Waals surface area contributed by atoms with Crippen LogP contribution in [0.15, 0.2) is 0 Å². The van der Waals surface area contributed by atoms with Crippen molar-refractivity contribution in [2.45, 2.75) is 33.2 Å². The summed E-state index contributed by atoms with van der Waals surface area (Å²) in [6.07, 6.45) is 1.07. The molecule has 4 heteroatoms. The number of nitrogens with one attached hydrogen (secondary N) is 1. The summed E-state index contributed by atoms with van der Waals surface area (Å²) in [6.45, 7) is 11.8. The Bertz CT molecular complexity index is 212. The summed E-state index contributed by atoms with van der Waals surface area (Å²) < 4.78 is 0. The smallest absolute Gasteiger partial charge is 0.236 e. The van der Waals surface area contributed by atoms with Crippen LogP contribution in [0, 0.1) is 0 Å². The van der Waals surface area contributed by atoms with Crippen molar-refractivity contribution in [1.82, 2.24) is 15.1 Å². The minimum Gasteiger partial charge on any atom is -0.339 e. The van der Waals surface area contributed by atoms with E-state index in [1.54, 1.807) is 0 Å². The van der Waals surface area contributed by atoms with Gasteiger partial charge in [-0.15, -0.1) is 0 Å². The number of carbonyl (C=O) groups is 1. The van der Waals surface area contributed by atoms with Gasteiger partial charge in [0.2, 0.25) is 5.91 Å². The zero-order valence-electron chi connectivity index (χ0n) is 10.8. The largest absolute Gasteiger partial charge is 0.339 e. The van der Waals surface area contributed by atoms with Crippen LogP contribution in [0.5, 0.6) is 0 Å². The van der Waals surface area contributed by atoms with Gasteiger partial charge in [0.05, 0.1) is 6.54 Å². The Labute approximate surface area is 99.0 Å². The van der Waals surface area contributed by atoms with E-state index in [1.807, 2.05) is 4.90 Å². The highest BCUT2D eigenvalue weighted by molar-refractivity contribution is 5.78. The van der Waals surface area contributed by atoms with E-state index in [-0.39, 0.29) is 5.91 Å². The monoisotopic (exact) mass is 227 g/mol. The number of hydrogen-bond acceptors (Lipinski definition) is 3. The number of amides is 1. The third kappa shape index (κ3) is 4.10. The molecule has 0 aliphatic carbocycles. The molecule has 1 atom stereocenters. The summed E-state index contributed by atoms with van der Waals surface area (Å²) in [5, 5.41) is 3.25. The molecule has 1 fully saturated rings. The van der Waals surface area contributed by atoms with Gasteiger partial charge in [-0.05, 0) is 19.9 Å². The second-order valence-electron chi connectivity index (χ2n) is 4.51. The molecule has 1 amide bonds. The fourth-order valence-corrected chi connectivity index (χ4v) is 1.83. The molecule has 94 valence electrons. The first-order valence-corrected chi connectivity index (χ1v) is 6.40. The van der Waals surface area contributed by atoms with Gasteiger partial charge in [0.25, 0.3) is 0 Å². The highest BCUT2D eigenvalue weighted by Crippen LogP contribution is 2.01. The van der Waals surface area contributed by atoms with Gasteiger partial charge in [0.1, 0.15) is 0 Å². The highest BCUT2D eigenvalue weighted by Gasteiger charge is 2.19. The van der Waals surface area contributed by atoms with Crippen LogP contribution in [0.25, 0.3) is 0 Å². The van der Waals surface area contributed by atoms with Crippen molar-refractivity contribution in [3.63, 3.8) is 0 Å². The minimum absolute atomic E-state index is 0.246. The lowest BCUT2D eigenvalue weighted by molar-refractivity contribution is -0.132. The van der Waals surface area contributed by atoms with E-state index in [1.165, 1.54) is 0 Å². The molecule has 0 saturated carbocycles. The number of nitrogens with zero attached hydrogens (tertiary/aromatic N) is 2. The summed E-state index contributed by atoms with van der Waals surface area (Å²) >= 11 is 0. The molecular weight excluding hydrogens is 202 g/mol. The molecule has 1 unspecified atom stereocenters. The lowest BCUT2D eigenvalue weighted by Gasteiger charge is -2.34. The van der Waals surface area contributed by atoms with Crippen LogP contribution in [-0.4, -0.2) is 61.0 Å². The van der Waals surface area contributed by atoms with Gasteiger partial charge in [0.15, 0.2) is 0 Å². The predicted octanol–water partition coefficient (Wildman–Crippen LogP) is 0.539. The first-order valence-electron chi connectivity index (χ1n) is 6.40. The van der Waals surface area contributed by atoms with Gasteiger partial charge in [-0.2, -0.15) is 0 Å². The average Bonchev–Trinajstić information content (AvgIpc) is 2.35. The maximum atomic E-state index is 11.9. The van der Waals surface area contributed by atoms with E-state index in [4.69, 9.17) is 0 Å². The number of rotatable bonds is 5. The van der Waals surface area contributed by atoms with Gasteiger partial charge >= 0.3 is 0 Å². The van der Waals surface area contributed by atoms with Crippen molar-refractivity contribution in [2.24, 2.45) is 0 Å². The number of carbonyl (C=O) groups excluding carboxylic acids is 1. The molecule has 1 N–H and O–H groups in total. The van der Waals surface area contributed by atoms with Crippen LogP contribution in [0.2, 0.25) is 0 Å². The molecule has 0 aromatic carbocycles. The summed E-state index contributed by atoms with van der Waals surface area (Å²) in [7, 11) is 0. The maximum Gasteiger partial charge on any atom is 0.236 e. The molecule has 0 aromatic heterocycles. The van der Waals surface area contributed by atoms with Gasteiger partial charge in [-0.1, -0.05) is 13.8 Å². The SMILES string of the molecule is CCC(C)NCC(=O)N1CCN(CC)CC1. The molecular formula is C12H25N3O. The Morgan fingerprint density at radius 2 is 1.88 bits per heavy atom. The van der Waals surface area contributed by atoms with Crippen molar-refractivity contribution in [3.05, 3.63) is 0 Å². The van der Waals surface area contributed by atoms with E-state index in [0.29, 0.717) is 12.6 Å². The van der Waals surface area contributed by atoms with E-state index in [9.17, 15) is 4.79 Å². The molecule has 0 spiro atoms. The highest BCUT2D eigenvalue weighted by atomic mass is 16.2. The number of likely N-dealkylation sites (N-methyl/N-ethyl adjacent to an activating group) is 1. The second-order valence-corrected chi connectivity index (χ2v) is 4.51. The van der Waals surface area contributed by atoms with Crippen molar-refractivity contribution < 1.29 is 4.79 Å². The van der Waals surface area contributed by atoms with Crippen molar-refractivity contribution in [3.8, 4) is 0 Å². The van der Waals surface area contributed by atoms with Gasteiger partial charge in [0, 0.05) is 32.2 Å². The van der Waals surface area contributed by atoms with Gasteiger partial charge in [-0.25, -0.2) is 0 Å². The van der Waals surface area contributed by atoms with E-state index in [2.05, 4.69) is 31.0 Å². The first kappa shape index (κ1) is 13.5. The number of piperazine rings is 1. The Hall–Kier alpha value is -0.610. The number of hydrogen-bond donors (Lipinski definition) is 1. The third-order valence-electron chi connectivity index (χ3n) is 3.39. The summed E-state index contributed by atoms with van der Waals surface area (Å²) in [5.41, 5.74) is 0. The minimum atomic E-state index is 0.246. The molecule has 1 saturated heterocycles. The van der Waals surface area contributed by atoms with Gasteiger partial charge < -0.3 is 15.1 Å². The Kier molecular flexibility index (Phi) is 5.77. The quantitative estimate of drug-likeness (QED) is 0.744. The third-order valence-corrected chi connectivity index (χ3v) is 3.39. The lowest BCUT2D eigenvalue weighted by atomic mass is 10.2. The molecule has 1 rings (SSSR count). The van der Waals surface area contributed by atoms with Crippen LogP contribution in [0.4, 0.5) is 0 Å². The van der Waals surface area contributed by atoms with Crippen LogP contribution < -0.4 is 5.32 Å². The van der Waals surface area contributed by atoms with E-state index >= 15 is 0 Å². The average molecular weight is 227 g/mol. The first-order chi connectivity index (χ1) is 7.67. The molecule has 0 aromatic rings. The van der Waals surface area contributed by atoms with E-state index in [0.717, 1.165) is 39.1 Å². The van der Waals surface area contributed by atoms with Crippen LogP contribution in [0.3, 0.4) is 0 Å². The fourth-order valence-electron chi connectivity index (χ4n) is 1.83. The van der Waals surface area contributed by atoms with Crippen molar-refractivity contribution in [1.29, 1.82) is 0 Å². The molecule has 1 heterocycles. The summed E-state index contributed by atoms with van der Waals surface area (Å²) in [5.74, 6) is 0.246. The summed E-state index contributed by atoms with van der Waals surface area (Å²) in [6, 6.07) is 0.431. The Morgan fingerprint density at radius 1 is 1.25 bits per heavy atom. The fraction of sp³-hybridized carbons (Fsp3) is 0.917. The molecule has 16 heavy (non-hydrogen) atoms. The molecule has 0 bridgehead atoms. The zero-order valence-corrected chi connectivity index (χ0v) is 10.8. The lowest BCUT2D eigenvalue weighted by Crippen LogP contribution is -2.51. The maximum absolute atomic E-state index is 11.9. The molecule has 4 nitrogen and oxygen atoms in total. The topological polar surface area (TPSA) is 35.6 Å². The van der Waals surface area contributed by atoms with Crippen molar-refractivity contribution >= 4 is 5.91 Å². The van der Waals surface area contributed by atoms with Crippen molar-refractivity contribution in [2.75, 3.05) is 39.3 Å². The van der Waals surface area contributed by atoms with Gasteiger partial charge in [-0.3, -0.25) is 4.79 Å². The zero-order chi connectivity index (χ0) is 12.0. The van der Waals surface area contributed by atoms with Crippen LogP contribution in [-0.2, 0) is 4.79 Å². The predicted molar refractivity (Wildman–Crippen MR) is 66.4 cm³/mol. The standard InChI is InChI=1S/C12H25N3O/c1-4-11(3)13-10-12(16)15-8-6-14(5-2)7-9-15/h11,13H,4-10H2,1-3H3. The summed E-state index contributed by atoms with van der Waals surface area (Å²) in [4.78, 5) is 16.2. The van der Waals surface area contributed by atoms with Crippen LogP contribution in [0.1, 0.15) is 27.2 Å². The Morgan fingerprint density at radius 3 is 2.38 bits per heavy atom. The van der Waals surface area contributed by atoms with Crippen LogP contribution >= 0.6 is 0 Å². The molecule has 1 aliphatic heterocycles. The Balaban J connectivity index is 2.22. The molecule has 0 radical (unpaired) electrons. The normalized spacial score (nSPS) is 19.8. The molecule has 1 aliphatic rings.